The molecule has 2 aliphatic carbocycles. The van der Waals surface area contributed by atoms with Crippen molar-refractivity contribution < 1.29 is 4.79 Å². The minimum Gasteiger partial charge on any atom is -0.352 e. The zero-order valence-corrected chi connectivity index (χ0v) is 21.3. The van der Waals surface area contributed by atoms with Crippen LogP contribution < -0.4 is 5.32 Å². The number of thioether (sulfide) groups is 1. The molecular formula is C24H22Br2N4OS. The van der Waals surface area contributed by atoms with Crippen LogP contribution in [-0.4, -0.2) is 32.9 Å². The molecule has 5 rings (SSSR count). The monoisotopic (exact) mass is 572 g/mol. The van der Waals surface area contributed by atoms with Crippen molar-refractivity contribution in [3.8, 4) is 22.5 Å². The summed E-state index contributed by atoms with van der Waals surface area (Å²) in [5, 5.41) is 12.6. The molecule has 8 heteroatoms. The molecule has 1 amide bonds. The molecule has 0 spiro atoms. The maximum Gasteiger partial charge on any atom is 0.230 e. The van der Waals surface area contributed by atoms with Gasteiger partial charge in [0.05, 0.1) is 5.75 Å². The standard InChI is InChI=1S/C24H22Br2N4OS/c25-18-7-3-15(4-8-18)22-23(16-5-9-19(26)10-6-16)29-30-24(28-22)32-13-21(31)27-20-12-14-1-2-17(20)11-14/h3-10,14,17,20H,1-2,11-13H2,(H,27,31)/t14-,17-,20-/m0/s1. The molecule has 0 unspecified atom stereocenters. The molecule has 0 saturated heterocycles. The van der Waals surface area contributed by atoms with E-state index in [0.717, 1.165) is 43.8 Å². The van der Waals surface area contributed by atoms with Gasteiger partial charge in [0.15, 0.2) is 0 Å². The Morgan fingerprint density at radius 1 is 0.906 bits per heavy atom. The quantitative estimate of drug-likeness (QED) is 0.359. The number of carbonyl (C=O) groups is 1. The van der Waals surface area contributed by atoms with E-state index in [1.165, 1.54) is 31.0 Å². The minimum absolute atomic E-state index is 0.0540. The Kier molecular flexibility index (Phi) is 6.62. The Morgan fingerprint density at radius 3 is 2.16 bits per heavy atom. The number of benzene rings is 2. The van der Waals surface area contributed by atoms with Crippen molar-refractivity contribution in [3.05, 3.63) is 57.5 Å². The molecular weight excluding hydrogens is 552 g/mol. The number of hydrogen-bond acceptors (Lipinski definition) is 5. The van der Waals surface area contributed by atoms with E-state index >= 15 is 0 Å². The molecule has 2 aromatic carbocycles. The predicted molar refractivity (Wildman–Crippen MR) is 134 cm³/mol. The maximum absolute atomic E-state index is 12.5. The fraction of sp³-hybridized carbons (Fsp3) is 0.333. The summed E-state index contributed by atoms with van der Waals surface area (Å²) in [6, 6.07) is 16.3. The maximum atomic E-state index is 12.5. The van der Waals surface area contributed by atoms with Crippen molar-refractivity contribution in [3.63, 3.8) is 0 Å². The van der Waals surface area contributed by atoms with Gasteiger partial charge in [-0.25, -0.2) is 4.98 Å². The Bertz CT molecular complexity index is 1120. The van der Waals surface area contributed by atoms with Crippen molar-refractivity contribution >= 4 is 49.5 Å². The van der Waals surface area contributed by atoms with Gasteiger partial charge in [-0.1, -0.05) is 74.3 Å². The van der Waals surface area contributed by atoms with Crippen molar-refractivity contribution in [1.82, 2.24) is 20.5 Å². The van der Waals surface area contributed by atoms with Crippen LogP contribution in [-0.2, 0) is 4.79 Å². The van der Waals surface area contributed by atoms with Gasteiger partial charge in [-0.2, -0.15) is 0 Å². The molecule has 1 heterocycles. The molecule has 32 heavy (non-hydrogen) atoms. The first-order chi connectivity index (χ1) is 15.5. The van der Waals surface area contributed by atoms with Crippen molar-refractivity contribution in [1.29, 1.82) is 0 Å². The van der Waals surface area contributed by atoms with Crippen LogP contribution in [0, 0.1) is 11.8 Å². The lowest BCUT2D eigenvalue weighted by Crippen LogP contribution is -2.39. The average molecular weight is 574 g/mol. The smallest absolute Gasteiger partial charge is 0.230 e. The van der Waals surface area contributed by atoms with Gasteiger partial charge in [-0.15, -0.1) is 10.2 Å². The summed E-state index contributed by atoms with van der Waals surface area (Å²) in [5.41, 5.74) is 3.37. The molecule has 2 bridgehead atoms. The second-order valence-corrected chi connectivity index (χ2v) is 11.2. The topological polar surface area (TPSA) is 67.8 Å². The van der Waals surface area contributed by atoms with E-state index in [-0.39, 0.29) is 5.91 Å². The van der Waals surface area contributed by atoms with Gasteiger partial charge in [0.2, 0.25) is 11.1 Å². The van der Waals surface area contributed by atoms with E-state index in [1.54, 1.807) is 0 Å². The number of hydrogen-bond donors (Lipinski definition) is 1. The highest BCUT2D eigenvalue weighted by Gasteiger charge is 2.40. The number of nitrogens with one attached hydrogen (secondary N) is 1. The summed E-state index contributed by atoms with van der Waals surface area (Å²) < 4.78 is 2.00. The fourth-order valence-corrected chi connectivity index (χ4v) is 5.91. The molecule has 164 valence electrons. The molecule has 0 aliphatic heterocycles. The second-order valence-electron chi connectivity index (χ2n) is 8.44. The third kappa shape index (κ3) is 4.92. The summed E-state index contributed by atoms with van der Waals surface area (Å²) in [6.45, 7) is 0. The summed E-state index contributed by atoms with van der Waals surface area (Å²) in [5.74, 6) is 1.83. The number of fused-ring (bicyclic) bond motifs is 2. The van der Waals surface area contributed by atoms with Crippen LogP contribution in [0.5, 0.6) is 0 Å². The minimum atomic E-state index is 0.0540. The van der Waals surface area contributed by atoms with E-state index in [9.17, 15) is 4.79 Å². The summed E-state index contributed by atoms with van der Waals surface area (Å²) in [6.07, 6.45) is 4.99. The first-order valence-electron chi connectivity index (χ1n) is 10.7. The first kappa shape index (κ1) is 22.0. The molecule has 2 aliphatic rings. The third-order valence-electron chi connectivity index (χ3n) is 6.32. The van der Waals surface area contributed by atoms with Gasteiger partial charge in [0, 0.05) is 26.1 Å². The Balaban J connectivity index is 1.35. The fourth-order valence-electron chi connectivity index (χ4n) is 4.78. The van der Waals surface area contributed by atoms with E-state index < -0.39 is 0 Å². The van der Waals surface area contributed by atoms with Crippen molar-refractivity contribution in [2.24, 2.45) is 11.8 Å². The molecule has 0 radical (unpaired) electrons. The van der Waals surface area contributed by atoms with E-state index in [4.69, 9.17) is 4.98 Å². The lowest BCUT2D eigenvalue weighted by atomic mass is 9.95. The number of rotatable bonds is 6. The SMILES string of the molecule is O=C(CSc1nnc(-c2ccc(Br)cc2)c(-c2ccc(Br)cc2)n1)N[C@H]1C[C@H]2CC[C@H]1C2. The Hall–Kier alpha value is -1.77. The molecule has 1 aromatic heterocycles. The predicted octanol–water partition coefficient (Wildman–Crippen LogP) is 6.13. The van der Waals surface area contributed by atoms with Crippen LogP contribution >= 0.6 is 43.6 Å². The Labute approximate surface area is 208 Å². The number of carbonyl (C=O) groups excluding carboxylic acids is 1. The van der Waals surface area contributed by atoms with Gasteiger partial charge in [0.1, 0.15) is 11.4 Å². The van der Waals surface area contributed by atoms with E-state index in [2.05, 4.69) is 47.4 Å². The summed E-state index contributed by atoms with van der Waals surface area (Å²) in [4.78, 5) is 17.3. The van der Waals surface area contributed by atoms with Gasteiger partial charge in [-0.3, -0.25) is 4.79 Å². The van der Waals surface area contributed by atoms with Crippen LogP contribution in [0.3, 0.4) is 0 Å². The van der Waals surface area contributed by atoms with E-state index in [1.807, 2.05) is 48.5 Å². The second kappa shape index (κ2) is 9.61. The normalized spacial score (nSPS) is 21.6. The average Bonchev–Trinajstić information content (AvgIpc) is 3.42. The summed E-state index contributed by atoms with van der Waals surface area (Å²) >= 11 is 8.31. The van der Waals surface area contributed by atoms with Crippen LogP contribution in [0.15, 0.2) is 62.6 Å². The zero-order valence-electron chi connectivity index (χ0n) is 17.3. The lowest BCUT2D eigenvalue weighted by Gasteiger charge is -2.22. The molecule has 2 saturated carbocycles. The zero-order chi connectivity index (χ0) is 22.1. The molecule has 2 fully saturated rings. The van der Waals surface area contributed by atoms with Gasteiger partial charge in [-0.05, 0) is 55.4 Å². The number of amides is 1. The third-order valence-corrected chi connectivity index (χ3v) is 8.21. The van der Waals surface area contributed by atoms with Crippen LogP contribution in [0.4, 0.5) is 0 Å². The highest BCUT2D eigenvalue weighted by molar-refractivity contribution is 9.10. The van der Waals surface area contributed by atoms with Crippen LogP contribution in [0.25, 0.3) is 22.5 Å². The molecule has 5 nitrogen and oxygen atoms in total. The number of aromatic nitrogens is 3. The Morgan fingerprint density at radius 2 is 1.56 bits per heavy atom. The van der Waals surface area contributed by atoms with Crippen molar-refractivity contribution in [2.45, 2.75) is 36.9 Å². The first-order valence-corrected chi connectivity index (χ1v) is 13.3. The van der Waals surface area contributed by atoms with Crippen LogP contribution in [0.2, 0.25) is 0 Å². The highest BCUT2D eigenvalue weighted by atomic mass is 79.9. The lowest BCUT2D eigenvalue weighted by molar-refractivity contribution is -0.119. The van der Waals surface area contributed by atoms with Crippen molar-refractivity contribution in [2.75, 3.05) is 5.75 Å². The van der Waals surface area contributed by atoms with Gasteiger partial charge in [0.25, 0.3) is 0 Å². The molecule has 3 aromatic rings. The number of halogens is 2. The largest absolute Gasteiger partial charge is 0.352 e. The molecule has 3 atom stereocenters. The summed E-state index contributed by atoms with van der Waals surface area (Å²) in [7, 11) is 0. The van der Waals surface area contributed by atoms with E-state index in [0.29, 0.717) is 22.9 Å². The van der Waals surface area contributed by atoms with Gasteiger partial charge >= 0.3 is 0 Å². The molecule has 1 N–H and O–H groups in total. The number of nitrogens with zero attached hydrogens (tertiary/aromatic N) is 3. The van der Waals surface area contributed by atoms with Gasteiger partial charge < -0.3 is 5.32 Å². The van der Waals surface area contributed by atoms with Crippen LogP contribution in [0.1, 0.15) is 25.7 Å². The highest BCUT2D eigenvalue weighted by Crippen LogP contribution is 2.44.